The molecule has 0 unspecified atom stereocenters. The van der Waals surface area contributed by atoms with E-state index < -0.39 is 0 Å². The fourth-order valence-corrected chi connectivity index (χ4v) is 2.21. The molecule has 0 aliphatic carbocycles. The van der Waals surface area contributed by atoms with E-state index in [0.717, 1.165) is 13.0 Å². The van der Waals surface area contributed by atoms with E-state index in [9.17, 15) is 0 Å². The van der Waals surface area contributed by atoms with Crippen molar-refractivity contribution in [2.45, 2.75) is 77.6 Å². The Balaban J connectivity index is 3.04. The van der Waals surface area contributed by atoms with Crippen LogP contribution in [0.15, 0.2) is 17.9 Å². The SMILES string of the molecule is CCCCCCCCCCCCOCC=C=CCCCl. The Morgan fingerprint density at radius 1 is 0.850 bits per heavy atom. The van der Waals surface area contributed by atoms with E-state index in [1.165, 1.54) is 64.2 Å². The lowest BCUT2D eigenvalue weighted by Gasteiger charge is -2.02. The molecule has 0 aromatic carbocycles. The van der Waals surface area contributed by atoms with Gasteiger partial charge < -0.3 is 4.74 Å². The van der Waals surface area contributed by atoms with E-state index in [2.05, 4.69) is 12.7 Å². The van der Waals surface area contributed by atoms with E-state index in [4.69, 9.17) is 16.3 Å². The van der Waals surface area contributed by atoms with Crippen LogP contribution in [0.5, 0.6) is 0 Å². The second-order valence-electron chi connectivity index (χ2n) is 5.31. The van der Waals surface area contributed by atoms with Gasteiger partial charge in [-0.05, 0) is 25.0 Å². The van der Waals surface area contributed by atoms with Gasteiger partial charge in [-0.3, -0.25) is 0 Å². The first kappa shape index (κ1) is 19.8. The number of halogens is 1. The van der Waals surface area contributed by atoms with Crippen molar-refractivity contribution in [2.75, 3.05) is 19.1 Å². The van der Waals surface area contributed by atoms with Gasteiger partial charge in [0.15, 0.2) is 0 Å². The minimum atomic E-state index is 0.667. The summed E-state index contributed by atoms with van der Waals surface area (Å²) in [4.78, 5) is 0. The van der Waals surface area contributed by atoms with Gasteiger partial charge in [0.1, 0.15) is 0 Å². The van der Waals surface area contributed by atoms with Crippen molar-refractivity contribution >= 4 is 11.6 Å². The molecular weight excluding hydrogens is 268 g/mol. The Hall–Kier alpha value is -0.230. The summed E-state index contributed by atoms with van der Waals surface area (Å²) in [6.07, 6.45) is 18.5. The van der Waals surface area contributed by atoms with Crippen molar-refractivity contribution in [2.24, 2.45) is 0 Å². The Kier molecular flexibility index (Phi) is 18.6. The molecule has 0 bridgehead atoms. The van der Waals surface area contributed by atoms with Crippen LogP contribution in [0.25, 0.3) is 0 Å². The predicted molar refractivity (Wildman–Crippen MR) is 90.7 cm³/mol. The standard InChI is InChI=1S/C18H33ClO/c1-2-3-4-5-6-7-8-9-11-14-17-20-18-15-12-10-13-16-19/h10,15H,2-9,11,13-14,16-18H2,1H3. The van der Waals surface area contributed by atoms with Gasteiger partial charge in [-0.2, -0.15) is 0 Å². The van der Waals surface area contributed by atoms with Crippen molar-refractivity contribution < 1.29 is 4.74 Å². The third kappa shape index (κ3) is 17.8. The number of unbranched alkanes of at least 4 members (excludes halogenated alkanes) is 9. The van der Waals surface area contributed by atoms with Gasteiger partial charge in [0.25, 0.3) is 0 Å². The molecule has 0 aromatic rings. The van der Waals surface area contributed by atoms with Crippen molar-refractivity contribution in [3.05, 3.63) is 17.9 Å². The second kappa shape index (κ2) is 18.8. The molecule has 0 amide bonds. The van der Waals surface area contributed by atoms with Crippen molar-refractivity contribution in [1.29, 1.82) is 0 Å². The quantitative estimate of drug-likeness (QED) is 0.197. The summed E-state index contributed by atoms with van der Waals surface area (Å²) in [5.41, 5.74) is 3.07. The average molecular weight is 301 g/mol. The highest BCUT2D eigenvalue weighted by Gasteiger charge is 1.92. The van der Waals surface area contributed by atoms with Gasteiger partial charge in [0, 0.05) is 12.5 Å². The molecule has 1 nitrogen and oxygen atoms in total. The van der Waals surface area contributed by atoms with Gasteiger partial charge in [-0.1, -0.05) is 64.7 Å². The Labute approximate surface area is 131 Å². The molecule has 0 rings (SSSR count). The van der Waals surface area contributed by atoms with Crippen LogP contribution in [0.1, 0.15) is 77.6 Å². The average Bonchev–Trinajstić information content (AvgIpc) is 2.47. The summed E-state index contributed by atoms with van der Waals surface area (Å²) in [5.74, 6) is 0.667. The zero-order chi connectivity index (χ0) is 14.7. The summed E-state index contributed by atoms with van der Waals surface area (Å²) < 4.78 is 5.51. The largest absolute Gasteiger partial charge is 0.377 e. The maximum absolute atomic E-state index is 5.55. The molecule has 20 heavy (non-hydrogen) atoms. The highest BCUT2D eigenvalue weighted by Crippen LogP contribution is 2.10. The zero-order valence-corrected chi connectivity index (χ0v) is 14.1. The zero-order valence-electron chi connectivity index (χ0n) is 13.3. The van der Waals surface area contributed by atoms with Gasteiger partial charge in [0.05, 0.1) is 6.61 Å². The molecule has 0 radical (unpaired) electrons. The topological polar surface area (TPSA) is 9.23 Å². The molecule has 2 heteroatoms. The van der Waals surface area contributed by atoms with Crippen LogP contribution >= 0.6 is 11.6 Å². The lowest BCUT2D eigenvalue weighted by Crippen LogP contribution is -1.94. The molecule has 118 valence electrons. The first-order valence-electron chi connectivity index (χ1n) is 8.45. The van der Waals surface area contributed by atoms with Crippen LogP contribution in [0.4, 0.5) is 0 Å². The van der Waals surface area contributed by atoms with Crippen LogP contribution < -0.4 is 0 Å². The summed E-state index contributed by atoms with van der Waals surface area (Å²) in [6.45, 7) is 3.83. The van der Waals surface area contributed by atoms with Crippen molar-refractivity contribution in [3.8, 4) is 0 Å². The molecule has 0 aromatic heterocycles. The fraction of sp³-hybridized carbons (Fsp3) is 0.833. The molecule has 0 aliphatic heterocycles. The molecule has 0 fully saturated rings. The highest BCUT2D eigenvalue weighted by atomic mass is 35.5. The molecule has 0 aliphatic rings. The number of alkyl halides is 1. The van der Waals surface area contributed by atoms with E-state index in [0.29, 0.717) is 12.5 Å². The third-order valence-electron chi connectivity index (χ3n) is 3.33. The molecular formula is C18H33ClO. The molecule has 0 N–H and O–H groups in total. The van der Waals surface area contributed by atoms with E-state index in [1.807, 2.05) is 12.2 Å². The van der Waals surface area contributed by atoms with Gasteiger partial charge in [-0.15, -0.1) is 17.3 Å². The predicted octanol–water partition coefficient (Wildman–Crippen LogP) is 6.26. The van der Waals surface area contributed by atoms with Crippen LogP contribution in [0, 0.1) is 0 Å². The van der Waals surface area contributed by atoms with Crippen LogP contribution in [0.3, 0.4) is 0 Å². The van der Waals surface area contributed by atoms with Crippen LogP contribution in [-0.2, 0) is 4.74 Å². The maximum atomic E-state index is 5.55. The lowest BCUT2D eigenvalue weighted by atomic mass is 10.1. The number of hydrogen-bond acceptors (Lipinski definition) is 1. The maximum Gasteiger partial charge on any atom is 0.0721 e. The second-order valence-corrected chi connectivity index (χ2v) is 5.69. The molecule has 0 spiro atoms. The summed E-state index contributed by atoms with van der Waals surface area (Å²) in [7, 11) is 0. The van der Waals surface area contributed by atoms with E-state index >= 15 is 0 Å². The number of ether oxygens (including phenoxy) is 1. The van der Waals surface area contributed by atoms with Crippen molar-refractivity contribution in [1.82, 2.24) is 0 Å². The van der Waals surface area contributed by atoms with Crippen LogP contribution in [0.2, 0.25) is 0 Å². The number of rotatable bonds is 15. The Morgan fingerprint density at radius 3 is 2.05 bits per heavy atom. The fourth-order valence-electron chi connectivity index (χ4n) is 2.10. The third-order valence-corrected chi connectivity index (χ3v) is 3.55. The van der Waals surface area contributed by atoms with Crippen molar-refractivity contribution in [3.63, 3.8) is 0 Å². The molecule has 0 saturated heterocycles. The minimum Gasteiger partial charge on any atom is -0.377 e. The van der Waals surface area contributed by atoms with Gasteiger partial charge >= 0.3 is 0 Å². The summed E-state index contributed by atoms with van der Waals surface area (Å²) >= 11 is 5.55. The molecule has 0 saturated carbocycles. The summed E-state index contributed by atoms with van der Waals surface area (Å²) in [6, 6.07) is 0. The minimum absolute atomic E-state index is 0.667. The first-order valence-corrected chi connectivity index (χ1v) is 8.98. The Morgan fingerprint density at radius 2 is 1.45 bits per heavy atom. The monoisotopic (exact) mass is 300 g/mol. The highest BCUT2D eigenvalue weighted by molar-refractivity contribution is 6.17. The van der Waals surface area contributed by atoms with Gasteiger partial charge in [0.2, 0.25) is 0 Å². The van der Waals surface area contributed by atoms with Gasteiger partial charge in [-0.25, -0.2) is 0 Å². The normalized spacial score (nSPS) is 10.3. The van der Waals surface area contributed by atoms with E-state index in [-0.39, 0.29) is 0 Å². The first-order chi connectivity index (χ1) is 9.91. The molecule has 0 atom stereocenters. The number of hydrogen-bond donors (Lipinski definition) is 0. The Bertz CT molecular complexity index is 232. The van der Waals surface area contributed by atoms with E-state index in [1.54, 1.807) is 0 Å². The smallest absolute Gasteiger partial charge is 0.0721 e. The summed E-state index contributed by atoms with van der Waals surface area (Å²) in [5, 5.41) is 0. The lowest BCUT2D eigenvalue weighted by molar-refractivity contribution is 0.157. The van der Waals surface area contributed by atoms with Crippen LogP contribution in [-0.4, -0.2) is 19.1 Å². The molecule has 0 heterocycles.